The first-order valence-electron chi connectivity index (χ1n) is 8.78. The molecular formula is C24H18AsO+. The van der Waals surface area contributed by atoms with E-state index in [0.29, 0.717) is 0 Å². The van der Waals surface area contributed by atoms with E-state index in [1.807, 2.05) is 0 Å². The van der Waals surface area contributed by atoms with Crippen LogP contribution in [0.25, 0.3) is 0 Å². The van der Waals surface area contributed by atoms with Crippen LogP contribution in [0.15, 0.2) is 109 Å². The van der Waals surface area contributed by atoms with Gasteiger partial charge in [0.25, 0.3) is 0 Å². The molecule has 26 heavy (non-hydrogen) atoms. The molecular weight excluding hydrogens is 379 g/mol. The summed E-state index contributed by atoms with van der Waals surface area (Å²) < 4.78 is 11.8. The maximum absolute atomic E-state index is 6.32. The Morgan fingerprint density at radius 2 is 0.808 bits per heavy atom. The van der Waals surface area contributed by atoms with Gasteiger partial charge < -0.3 is 0 Å². The van der Waals surface area contributed by atoms with Gasteiger partial charge in [0.15, 0.2) is 0 Å². The standard InChI is InChI=1S/C24H18AsO/c1-3-11-19(12-4-1)25(20-13-5-2-6-14-20)21-15-7-9-17-23(21)26-24-18-10-8-16-22(24)25/h1-18H/q+1. The van der Waals surface area contributed by atoms with E-state index in [1.54, 1.807) is 0 Å². The fourth-order valence-corrected chi connectivity index (χ4v) is 13.2. The van der Waals surface area contributed by atoms with Gasteiger partial charge in [-0.25, -0.2) is 0 Å². The van der Waals surface area contributed by atoms with Crippen LogP contribution in [-0.4, -0.2) is 13.6 Å². The van der Waals surface area contributed by atoms with Crippen molar-refractivity contribution in [3.63, 3.8) is 0 Å². The Morgan fingerprint density at radius 1 is 0.423 bits per heavy atom. The fraction of sp³-hybridized carbons (Fsp3) is 0. The molecule has 0 bridgehead atoms. The summed E-state index contributed by atoms with van der Waals surface area (Å²) in [5, 5.41) is 0. The van der Waals surface area contributed by atoms with Gasteiger partial charge in [0.1, 0.15) is 0 Å². The quantitative estimate of drug-likeness (QED) is 0.416. The summed E-state index contributed by atoms with van der Waals surface area (Å²) in [5.41, 5.74) is 0. The number of ether oxygens (including phenoxy) is 1. The Morgan fingerprint density at radius 3 is 1.27 bits per heavy atom. The van der Waals surface area contributed by atoms with E-state index in [2.05, 4.69) is 109 Å². The van der Waals surface area contributed by atoms with Crippen molar-refractivity contribution in [3.8, 4) is 11.5 Å². The van der Waals surface area contributed by atoms with E-state index in [1.165, 1.54) is 17.4 Å². The molecule has 4 aromatic carbocycles. The van der Waals surface area contributed by atoms with Crippen molar-refractivity contribution in [3.05, 3.63) is 109 Å². The van der Waals surface area contributed by atoms with Crippen LogP contribution >= 0.6 is 0 Å². The first-order valence-corrected chi connectivity index (χ1v) is 12.5. The van der Waals surface area contributed by atoms with Gasteiger partial charge in [-0.3, -0.25) is 0 Å². The van der Waals surface area contributed by atoms with Crippen LogP contribution in [0, 0.1) is 0 Å². The molecule has 0 radical (unpaired) electrons. The van der Waals surface area contributed by atoms with Gasteiger partial charge in [-0.1, -0.05) is 0 Å². The molecule has 0 N–H and O–H groups in total. The van der Waals surface area contributed by atoms with Crippen LogP contribution in [-0.2, 0) is 0 Å². The van der Waals surface area contributed by atoms with Crippen LogP contribution in [0.3, 0.4) is 0 Å². The Kier molecular flexibility index (Phi) is 3.69. The van der Waals surface area contributed by atoms with Crippen LogP contribution < -0.4 is 22.1 Å². The normalized spacial score (nSPS) is 14.0. The molecule has 124 valence electrons. The predicted octanol–water partition coefficient (Wildman–Crippen LogP) is 3.17. The zero-order chi connectivity index (χ0) is 17.4. The number of fused-ring (bicyclic) bond motifs is 2. The predicted molar refractivity (Wildman–Crippen MR) is 110 cm³/mol. The van der Waals surface area contributed by atoms with E-state index < -0.39 is 13.6 Å². The summed E-state index contributed by atoms with van der Waals surface area (Å²) in [6.07, 6.45) is 0. The SMILES string of the molecule is c1ccc([As+]2(c3ccccc3)c3ccccc3Oc3ccccc32)cc1. The van der Waals surface area contributed by atoms with Crippen LogP contribution in [0.4, 0.5) is 0 Å². The van der Waals surface area contributed by atoms with Gasteiger partial charge >= 0.3 is 156 Å². The third-order valence-corrected chi connectivity index (χ3v) is 14.0. The monoisotopic (exact) mass is 397 g/mol. The molecule has 1 heterocycles. The Bertz CT molecular complexity index is 971. The molecule has 0 atom stereocenters. The molecule has 5 rings (SSSR count). The molecule has 0 saturated carbocycles. The average molecular weight is 397 g/mol. The Balaban J connectivity index is 1.97. The number of para-hydroxylation sites is 2. The van der Waals surface area contributed by atoms with Crippen molar-refractivity contribution < 1.29 is 4.74 Å². The van der Waals surface area contributed by atoms with Gasteiger partial charge in [0, 0.05) is 0 Å². The molecule has 1 aliphatic rings. The second-order valence-electron chi connectivity index (χ2n) is 6.38. The van der Waals surface area contributed by atoms with Crippen molar-refractivity contribution in [1.29, 1.82) is 0 Å². The molecule has 0 unspecified atom stereocenters. The summed E-state index contributed by atoms with van der Waals surface area (Å²) in [6, 6.07) is 39.1. The number of hydrogen-bond donors (Lipinski definition) is 0. The summed E-state index contributed by atoms with van der Waals surface area (Å²) in [4.78, 5) is 0. The minimum atomic E-state index is -2.88. The van der Waals surface area contributed by atoms with Gasteiger partial charge in [-0.2, -0.15) is 0 Å². The van der Waals surface area contributed by atoms with Crippen LogP contribution in [0.2, 0.25) is 0 Å². The number of rotatable bonds is 2. The summed E-state index contributed by atoms with van der Waals surface area (Å²) in [5.74, 6) is 1.98. The first kappa shape index (κ1) is 15.5. The first-order chi connectivity index (χ1) is 12.9. The third kappa shape index (κ3) is 2.18. The molecule has 0 aliphatic carbocycles. The molecule has 0 amide bonds. The van der Waals surface area contributed by atoms with Gasteiger partial charge in [-0.05, 0) is 0 Å². The van der Waals surface area contributed by atoms with Crippen molar-refractivity contribution >= 4 is 31.0 Å². The molecule has 0 spiro atoms. The Hall–Kier alpha value is -2.76. The molecule has 4 aromatic rings. The van der Waals surface area contributed by atoms with Gasteiger partial charge in [-0.15, -0.1) is 0 Å². The van der Waals surface area contributed by atoms with Crippen molar-refractivity contribution in [2.75, 3.05) is 0 Å². The summed E-state index contributed by atoms with van der Waals surface area (Å²) >= 11 is -2.88. The molecule has 0 aromatic heterocycles. The summed E-state index contributed by atoms with van der Waals surface area (Å²) in [7, 11) is 0. The third-order valence-electron chi connectivity index (χ3n) is 4.96. The van der Waals surface area contributed by atoms with Crippen LogP contribution in [0.1, 0.15) is 0 Å². The van der Waals surface area contributed by atoms with Crippen molar-refractivity contribution in [2.24, 2.45) is 0 Å². The Labute approximate surface area is 156 Å². The fourth-order valence-electron chi connectivity index (χ4n) is 3.90. The molecule has 1 aliphatic heterocycles. The molecule has 1 nitrogen and oxygen atoms in total. The van der Waals surface area contributed by atoms with Gasteiger partial charge in [0.05, 0.1) is 0 Å². The average Bonchev–Trinajstić information content (AvgIpc) is 2.73. The summed E-state index contributed by atoms with van der Waals surface area (Å²) in [6.45, 7) is 0. The maximum atomic E-state index is 6.32. The number of benzene rings is 4. The second kappa shape index (κ2) is 6.20. The van der Waals surface area contributed by atoms with E-state index >= 15 is 0 Å². The minimum absolute atomic E-state index is 0.992. The van der Waals surface area contributed by atoms with E-state index in [0.717, 1.165) is 11.5 Å². The number of hydrogen-bond acceptors (Lipinski definition) is 1. The van der Waals surface area contributed by atoms with E-state index in [9.17, 15) is 0 Å². The topological polar surface area (TPSA) is 9.23 Å². The second-order valence-corrected chi connectivity index (χ2v) is 13.4. The zero-order valence-corrected chi connectivity index (χ0v) is 16.1. The van der Waals surface area contributed by atoms with Crippen LogP contribution in [0.5, 0.6) is 11.5 Å². The van der Waals surface area contributed by atoms with Crippen molar-refractivity contribution in [2.45, 2.75) is 0 Å². The van der Waals surface area contributed by atoms with Gasteiger partial charge in [0.2, 0.25) is 0 Å². The van der Waals surface area contributed by atoms with Crippen molar-refractivity contribution in [1.82, 2.24) is 0 Å². The van der Waals surface area contributed by atoms with E-state index in [-0.39, 0.29) is 0 Å². The van der Waals surface area contributed by atoms with E-state index in [4.69, 9.17) is 4.74 Å². The molecule has 0 fully saturated rings. The molecule has 0 saturated heterocycles. The zero-order valence-electron chi connectivity index (χ0n) is 14.2. The molecule has 2 heteroatoms.